The molecule has 2 aliphatic heterocycles. The third kappa shape index (κ3) is 1.99. The third-order valence-corrected chi connectivity index (χ3v) is 3.82. The summed E-state index contributed by atoms with van der Waals surface area (Å²) >= 11 is 0. The van der Waals surface area contributed by atoms with Gasteiger partial charge in [0.15, 0.2) is 0 Å². The molecule has 0 saturated carbocycles. The average Bonchev–Trinajstić information content (AvgIpc) is 2.59. The van der Waals surface area contributed by atoms with Crippen LogP contribution in [-0.2, 0) is 11.3 Å². The molecule has 0 bridgehead atoms. The minimum absolute atomic E-state index is 0.126. The number of carbonyl (C=O) groups is 2. The molecule has 19 heavy (non-hydrogen) atoms. The largest absolute Gasteiger partial charge is 0.354 e. The molecule has 1 N–H and O–H groups in total. The van der Waals surface area contributed by atoms with Crippen molar-refractivity contribution >= 4 is 11.8 Å². The zero-order valence-electron chi connectivity index (χ0n) is 10.5. The van der Waals surface area contributed by atoms with Crippen LogP contribution in [0.5, 0.6) is 0 Å². The van der Waals surface area contributed by atoms with Gasteiger partial charge in [-0.05, 0) is 31.4 Å². The second kappa shape index (κ2) is 4.64. The van der Waals surface area contributed by atoms with Crippen LogP contribution in [0.1, 0.15) is 35.2 Å². The molecule has 5 heteroatoms. The van der Waals surface area contributed by atoms with Gasteiger partial charge in [0, 0.05) is 17.7 Å². The van der Waals surface area contributed by atoms with Crippen molar-refractivity contribution in [1.82, 2.24) is 10.2 Å². The maximum Gasteiger partial charge on any atom is 0.255 e. The minimum Gasteiger partial charge on any atom is -0.354 e. The quantitative estimate of drug-likeness (QED) is 0.832. The number of halogens is 1. The number of nitrogens with zero attached hydrogens (tertiary/aromatic N) is 1. The summed E-state index contributed by atoms with van der Waals surface area (Å²) in [4.78, 5) is 25.8. The van der Waals surface area contributed by atoms with E-state index < -0.39 is 6.04 Å². The molecule has 1 unspecified atom stereocenters. The highest BCUT2D eigenvalue weighted by Crippen LogP contribution is 2.28. The number of hydrogen-bond donors (Lipinski definition) is 1. The van der Waals surface area contributed by atoms with Gasteiger partial charge < -0.3 is 10.2 Å². The first kappa shape index (κ1) is 12.1. The lowest BCUT2D eigenvalue weighted by molar-refractivity contribution is -0.125. The fourth-order valence-corrected chi connectivity index (χ4v) is 2.79. The van der Waals surface area contributed by atoms with Crippen LogP contribution in [0.25, 0.3) is 0 Å². The number of nitrogens with one attached hydrogen (secondary N) is 1. The number of amides is 2. The molecule has 0 aliphatic carbocycles. The first-order chi connectivity index (χ1) is 9.18. The molecule has 1 fully saturated rings. The number of rotatable bonds is 1. The molecule has 1 atom stereocenters. The zero-order valence-corrected chi connectivity index (χ0v) is 10.5. The van der Waals surface area contributed by atoms with Crippen molar-refractivity contribution < 1.29 is 14.0 Å². The molecular weight excluding hydrogens is 247 g/mol. The fourth-order valence-electron chi connectivity index (χ4n) is 2.79. The SMILES string of the molecule is O=C1NCCCCC1N1Cc2c(F)cccc2C1=O. The Morgan fingerprint density at radius 3 is 2.89 bits per heavy atom. The predicted octanol–water partition coefficient (Wildman–Crippen LogP) is 1.45. The molecule has 2 amide bonds. The van der Waals surface area contributed by atoms with Gasteiger partial charge in [-0.2, -0.15) is 0 Å². The second-order valence-corrected chi connectivity index (χ2v) is 5.00. The first-order valence-corrected chi connectivity index (χ1v) is 6.54. The van der Waals surface area contributed by atoms with E-state index in [1.807, 2.05) is 0 Å². The highest BCUT2D eigenvalue weighted by molar-refractivity contribution is 6.01. The highest BCUT2D eigenvalue weighted by atomic mass is 19.1. The Hall–Kier alpha value is -1.91. The van der Waals surface area contributed by atoms with Crippen molar-refractivity contribution in [2.45, 2.75) is 31.8 Å². The molecule has 3 rings (SSSR count). The molecule has 0 radical (unpaired) electrons. The van der Waals surface area contributed by atoms with Crippen LogP contribution in [0, 0.1) is 5.82 Å². The number of carbonyl (C=O) groups excluding carboxylic acids is 2. The van der Waals surface area contributed by atoms with Gasteiger partial charge in [-0.15, -0.1) is 0 Å². The van der Waals surface area contributed by atoms with Gasteiger partial charge >= 0.3 is 0 Å². The first-order valence-electron chi connectivity index (χ1n) is 6.54. The smallest absolute Gasteiger partial charge is 0.255 e. The molecule has 2 aliphatic rings. The maximum atomic E-state index is 13.7. The van der Waals surface area contributed by atoms with Crippen molar-refractivity contribution in [1.29, 1.82) is 0 Å². The Bertz CT molecular complexity index is 544. The van der Waals surface area contributed by atoms with Gasteiger partial charge in [0.2, 0.25) is 5.91 Å². The Kier molecular flexibility index (Phi) is 2.97. The Labute approximate surface area is 110 Å². The summed E-state index contributed by atoms with van der Waals surface area (Å²) in [7, 11) is 0. The Morgan fingerprint density at radius 1 is 1.26 bits per heavy atom. The van der Waals surface area contributed by atoms with E-state index in [2.05, 4.69) is 5.32 Å². The van der Waals surface area contributed by atoms with E-state index in [9.17, 15) is 14.0 Å². The molecule has 1 aromatic carbocycles. The van der Waals surface area contributed by atoms with E-state index in [1.165, 1.54) is 17.0 Å². The molecule has 1 saturated heterocycles. The summed E-state index contributed by atoms with van der Waals surface area (Å²) in [6.07, 6.45) is 2.46. The highest BCUT2D eigenvalue weighted by Gasteiger charge is 2.37. The third-order valence-electron chi connectivity index (χ3n) is 3.82. The normalized spacial score (nSPS) is 23.0. The van der Waals surface area contributed by atoms with Crippen molar-refractivity contribution in [2.24, 2.45) is 0 Å². The van der Waals surface area contributed by atoms with Crippen LogP contribution in [-0.4, -0.2) is 29.3 Å². The van der Waals surface area contributed by atoms with Gasteiger partial charge in [-0.3, -0.25) is 9.59 Å². The summed E-state index contributed by atoms with van der Waals surface area (Å²) in [6, 6.07) is 4.03. The van der Waals surface area contributed by atoms with Crippen LogP contribution in [0.3, 0.4) is 0 Å². The van der Waals surface area contributed by atoms with E-state index >= 15 is 0 Å². The van der Waals surface area contributed by atoms with Gasteiger partial charge in [0.05, 0.1) is 6.54 Å². The summed E-state index contributed by atoms with van der Waals surface area (Å²) in [5.74, 6) is -0.738. The lowest BCUT2D eigenvalue weighted by atomic mass is 10.1. The Balaban J connectivity index is 1.90. The van der Waals surface area contributed by atoms with Crippen LogP contribution in [0.4, 0.5) is 4.39 Å². The standard InChI is InChI=1S/C14H15FN2O2/c15-11-5-3-4-9-10(11)8-17(14(9)19)12-6-1-2-7-16-13(12)18/h3-5,12H,1-2,6-8H2,(H,16,18). The number of hydrogen-bond acceptors (Lipinski definition) is 2. The van der Waals surface area contributed by atoms with Gasteiger partial charge in [-0.1, -0.05) is 6.07 Å². The van der Waals surface area contributed by atoms with Crippen molar-refractivity contribution in [3.05, 3.63) is 35.1 Å². The molecule has 0 aromatic heterocycles. The molecule has 1 aromatic rings. The summed E-state index contributed by atoms with van der Waals surface area (Å²) in [6.45, 7) is 0.845. The fraction of sp³-hybridized carbons (Fsp3) is 0.429. The molecule has 2 heterocycles. The Morgan fingerprint density at radius 2 is 2.11 bits per heavy atom. The van der Waals surface area contributed by atoms with Crippen molar-refractivity contribution in [3.8, 4) is 0 Å². The monoisotopic (exact) mass is 262 g/mol. The molecule has 100 valence electrons. The van der Waals surface area contributed by atoms with E-state index in [0.717, 1.165) is 12.8 Å². The van der Waals surface area contributed by atoms with Crippen LogP contribution < -0.4 is 5.32 Å². The number of fused-ring (bicyclic) bond motifs is 1. The molecule has 0 spiro atoms. The van der Waals surface area contributed by atoms with Crippen molar-refractivity contribution in [3.63, 3.8) is 0 Å². The topological polar surface area (TPSA) is 49.4 Å². The molecule has 4 nitrogen and oxygen atoms in total. The lowest BCUT2D eigenvalue weighted by Crippen LogP contribution is -2.45. The summed E-state index contributed by atoms with van der Waals surface area (Å²) in [5.41, 5.74) is 0.793. The van der Waals surface area contributed by atoms with E-state index in [1.54, 1.807) is 6.07 Å². The van der Waals surface area contributed by atoms with Crippen LogP contribution in [0.15, 0.2) is 18.2 Å². The summed E-state index contributed by atoms with van der Waals surface area (Å²) < 4.78 is 13.7. The summed E-state index contributed by atoms with van der Waals surface area (Å²) in [5, 5.41) is 2.81. The van der Waals surface area contributed by atoms with Crippen molar-refractivity contribution in [2.75, 3.05) is 6.54 Å². The van der Waals surface area contributed by atoms with Crippen LogP contribution >= 0.6 is 0 Å². The predicted molar refractivity (Wildman–Crippen MR) is 66.9 cm³/mol. The van der Waals surface area contributed by atoms with Gasteiger partial charge in [-0.25, -0.2) is 4.39 Å². The van der Waals surface area contributed by atoms with E-state index in [0.29, 0.717) is 24.1 Å². The van der Waals surface area contributed by atoms with E-state index in [-0.39, 0.29) is 24.2 Å². The van der Waals surface area contributed by atoms with Crippen LogP contribution in [0.2, 0.25) is 0 Å². The lowest BCUT2D eigenvalue weighted by Gasteiger charge is -2.25. The van der Waals surface area contributed by atoms with Gasteiger partial charge in [0.1, 0.15) is 11.9 Å². The molecular formula is C14H15FN2O2. The van der Waals surface area contributed by atoms with Gasteiger partial charge in [0.25, 0.3) is 5.91 Å². The maximum absolute atomic E-state index is 13.7. The number of benzene rings is 1. The van der Waals surface area contributed by atoms with E-state index in [4.69, 9.17) is 0 Å². The zero-order chi connectivity index (χ0) is 13.4. The second-order valence-electron chi connectivity index (χ2n) is 5.00. The average molecular weight is 262 g/mol. The minimum atomic E-state index is -0.471.